The maximum absolute atomic E-state index is 12.4. The molecule has 3 aliphatic rings. The first kappa shape index (κ1) is 25.2. The van der Waals surface area contributed by atoms with Crippen LogP contribution in [-0.4, -0.2) is 97.4 Å². The summed E-state index contributed by atoms with van der Waals surface area (Å²) in [4.78, 5) is 35.3. The number of hydrogen-bond donors (Lipinski definition) is 2. The van der Waals surface area contributed by atoms with E-state index < -0.39 is 0 Å². The van der Waals surface area contributed by atoms with Crippen LogP contribution in [0.1, 0.15) is 46.0 Å². The van der Waals surface area contributed by atoms with E-state index in [1.54, 1.807) is 0 Å². The summed E-state index contributed by atoms with van der Waals surface area (Å²) in [7, 11) is 0. The lowest BCUT2D eigenvalue weighted by Gasteiger charge is -2.38. The number of likely N-dealkylation sites (tertiary alicyclic amines) is 1. The predicted octanol–water partition coefficient (Wildman–Crippen LogP) is 1.11. The number of hydrogen-bond acceptors (Lipinski definition) is 4. The third kappa shape index (κ3) is 6.96. The molecule has 2 N–H and O–H groups in total. The van der Waals surface area contributed by atoms with E-state index in [1.165, 1.54) is 6.42 Å². The van der Waals surface area contributed by atoms with Crippen LogP contribution in [0.25, 0.3) is 0 Å². The molecular weight excluding hydrogens is 495 g/mol. The molecule has 0 radical (unpaired) electrons. The van der Waals surface area contributed by atoms with Crippen molar-refractivity contribution in [2.45, 2.75) is 52.0 Å². The lowest BCUT2D eigenvalue weighted by atomic mass is 9.84. The summed E-state index contributed by atoms with van der Waals surface area (Å²) < 4.78 is 0. The number of nitrogens with zero attached hydrogens (tertiary/aromatic N) is 4. The third-order valence-corrected chi connectivity index (χ3v) is 6.35. The van der Waals surface area contributed by atoms with Gasteiger partial charge in [0, 0.05) is 70.7 Å². The predicted molar refractivity (Wildman–Crippen MR) is 130 cm³/mol. The highest BCUT2D eigenvalue weighted by molar-refractivity contribution is 14.0. The fourth-order valence-electron chi connectivity index (χ4n) is 4.25. The molecule has 1 atom stereocenters. The first-order valence-corrected chi connectivity index (χ1v) is 11.4. The summed E-state index contributed by atoms with van der Waals surface area (Å²) in [6.07, 6.45) is 4.91. The second kappa shape index (κ2) is 12.7. The van der Waals surface area contributed by atoms with E-state index >= 15 is 0 Å². The quantitative estimate of drug-likeness (QED) is 0.291. The van der Waals surface area contributed by atoms with Crippen molar-refractivity contribution in [2.24, 2.45) is 10.9 Å². The molecule has 1 unspecified atom stereocenters. The molecule has 2 amide bonds. The van der Waals surface area contributed by atoms with Crippen LogP contribution in [-0.2, 0) is 9.59 Å². The summed E-state index contributed by atoms with van der Waals surface area (Å²) in [5, 5.41) is 6.80. The number of piperazine rings is 1. The minimum absolute atomic E-state index is 0. The van der Waals surface area contributed by atoms with Crippen LogP contribution in [0.5, 0.6) is 0 Å². The molecular formula is C21H39IN6O2. The Morgan fingerprint density at radius 2 is 1.73 bits per heavy atom. The van der Waals surface area contributed by atoms with Gasteiger partial charge in [-0.15, -0.1) is 24.0 Å². The van der Waals surface area contributed by atoms with Gasteiger partial charge in [-0.2, -0.15) is 0 Å². The Hall–Kier alpha value is -1.10. The van der Waals surface area contributed by atoms with Crippen LogP contribution in [0.3, 0.4) is 0 Å². The molecule has 0 aromatic carbocycles. The molecule has 172 valence electrons. The van der Waals surface area contributed by atoms with E-state index in [9.17, 15) is 9.59 Å². The van der Waals surface area contributed by atoms with Crippen LogP contribution < -0.4 is 10.6 Å². The largest absolute Gasteiger partial charge is 0.357 e. The van der Waals surface area contributed by atoms with Gasteiger partial charge >= 0.3 is 0 Å². The van der Waals surface area contributed by atoms with Gasteiger partial charge in [0.1, 0.15) is 0 Å². The molecule has 30 heavy (non-hydrogen) atoms. The van der Waals surface area contributed by atoms with E-state index in [0.717, 1.165) is 84.1 Å². The van der Waals surface area contributed by atoms with Gasteiger partial charge in [0.25, 0.3) is 0 Å². The second-order valence-electron chi connectivity index (χ2n) is 8.38. The molecule has 2 saturated heterocycles. The minimum atomic E-state index is 0. The van der Waals surface area contributed by atoms with E-state index in [4.69, 9.17) is 4.99 Å². The molecule has 9 heteroatoms. The fraction of sp³-hybridized carbons (Fsp3) is 0.857. The standard InChI is InChI=1S/C21H38N6O2.HI/c1-3-19(28)27-10-8-18(16-27)24-21(22-4-2)23-9-11-25-12-14-26(15-13-25)20(29)17-6-5-7-17;/h17-18H,3-16H2,1-2H3,(H2,22,23,24);1H. The number of rotatable bonds is 7. The molecule has 0 aromatic heterocycles. The van der Waals surface area contributed by atoms with Gasteiger partial charge in [0.05, 0.1) is 6.54 Å². The average Bonchev–Trinajstić information content (AvgIpc) is 3.15. The molecule has 0 aromatic rings. The molecule has 8 nitrogen and oxygen atoms in total. The number of aliphatic imine (C=N–C) groups is 1. The van der Waals surface area contributed by atoms with Gasteiger partial charge in [-0.05, 0) is 26.2 Å². The van der Waals surface area contributed by atoms with Crippen molar-refractivity contribution < 1.29 is 9.59 Å². The number of carbonyl (C=O) groups is 2. The highest BCUT2D eigenvalue weighted by atomic mass is 127. The summed E-state index contributed by atoms with van der Waals surface area (Å²) in [5.74, 6) is 1.74. The van der Waals surface area contributed by atoms with Crippen molar-refractivity contribution in [2.75, 3.05) is 58.9 Å². The summed E-state index contributed by atoms with van der Waals surface area (Å²) in [6, 6.07) is 0.268. The zero-order valence-corrected chi connectivity index (χ0v) is 20.9. The molecule has 0 spiro atoms. The van der Waals surface area contributed by atoms with E-state index in [0.29, 0.717) is 18.2 Å². The van der Waals surface area contributed by atoms with E-state index in [1.807, 2.05) is 11.8 Å². The average molecular weight is 534 g/mol. The van der Waals surface area contributed by atoms with Crippen LogP contribution in [0.4, 0.5) is 0 Å². The second-order valence-corrected chi connectivity index (χ2v) is 8.38. The zero-order valence-electron chi connectivity index (χ0n) is 18.6. The highest BCUT2D eigenvalue weighted by Gasteiger charge is 2.31. The number of guanidine groups is 1. The van der Waals surface area contributed by atoms with Crippen molar-refractivity contribution in [1.82, 2.24) is 25.3 Å². The fourth-order valence-corrected chi connectivity index (χ4v) is 4.25. The van der Waals surface area contributed by atoms with Gasteiger partial charge in [-0.25, -0.2) is 0 Å². The molecule has 3 fully saturated rings. The zero-order chi connectivity index (χ0) is 20.6. The number of halogens is 1. The van der Waals surface area contributed by atoms with Crippen molar-refractivity contribution in [1.29, 1.82) is 0 Å². The van der Waals surface area contributed by atoms with Crippen LogP contribution in [0.15, 0.2) is 4.99 Å². The Bertz CT molecular complexity index is 590. The lowest BCUT2D eigenvalue weighted by molar-refractivity contribution is -0.140. The lowest BCUT2D eigenvalue weighted by Crippen LogP contribution is -2.51. The summed E-state index contributed by atoms with van der Waals surface area (Å²) in [5.41, 5.74) is 0. The number of carbonyl (C=O) groups excluding carboxylic acids is 2. The molecule has 1 aliphatic carbocycles. The summed E-state index contributed by atoms with van der Waals surface area (Å²) in [6.45, 7) is 11.6. The maximum Gasteiger partial charge on any atom is 0.225 e. The monoisotopic (exact) mass is 534 g/mol. The Morgan fingerprint density at radius 3 is 2.33 bits per heavy atom. The van der Waals surface area contributed by atoms with Crippen molar-refractivity contribution >= 4 is 41.8 Å². The van der Waals surface area contributed by atoms with E-state index in [2.05, 4.69) is 27.4 Å². The third-order valence-electron chi connectivity index (χ3n) is 6.35. The first-order valence-electron chi connectivity index (χ1n) is 11.4. The Kier molecular flexibility index (Phi) is 10.6. The smallest absolute Gasteiger partial charge is 0.225 e. The van der Waals surface area contributed by atoms with Gasteiger partial charge < -0.3 is 20.4 Å². The van der Waals surface area contributed by atoms with Gasteiger partial charge in [-0.3, -0.25) is 19.5 Å². The topological polar surface area (TPSA) is 80.3 Å². The van der Waals surface area contributed by atoms with Crippen LogP contribution in [0, 0.1) is 5.92 Å². The summed E-state index contributed by atoms with van der Waals surface area (Å²) >= 11 is 0. The van der Waals surface area contributed by atoms with Gasteiger partial charge in [0.2, 0.25) is 11.8 Å². The number of nitrogens with one attached hydrogen (secondary N) is 2. The molecule has 2 heterocycles. The Balaban J connectivity index is 0.00000320. The first-order chi connectivity index (χ1) is 14.1. The molecule has 3 rings (SSSR count). The molecule has 1 saturated carbocycles. The Labute approximate surface area is 198 Å². The minimum Gasteiger partial charge on any atom is -0.357 e. The van der Waals surface area contributed by atoms with E-state index in [-0.39, 0.29) is 35.9 Å². The van der Waals surface area contributed by atoms with Gasteiger partial charge in [-0.1, -0.05) is 13.3 Å². The maximum atomic E-state index is 12.4. The van der Waals surface area contributed by atoms with Gasteiger partial charge in [0.15, 0.2) is 5.96 Å². The highest BCUT2D eigenvalue weighted by Crippen LogP contribution is 2.28. The molecule has 2 aliphatic heterocycles. The normalized spacial score (nSPS) is 23.0. The Morgan fingerprint density at radius 1 is 1.00 bits per heavy atom. The SMILES string of the molecule is CCNC(=NCCN1CCN(C(=O)C2CCC2)CC1)NC1CCN(C(=O)CC)C1.I. The molecule has 0 bridgehead atoms. The van der Waals surface area contributed by atoms with Crippen LogP contribution >= 0.6 is 24.0 Å². The van der Waals surface area contributed by atoms with Crippen molar-refractivity contribution in [3.63, 3.8) is 0 Å². The van der Waals surface area contributed by atoms with Crippen molar-refractivity contribution in [3.8, 4) is 0 Å². The number of amides is 2. The van der Waals surface area contributed by atoms with Crippen molar-refractivity contribution in [3.05, 3.63) is 0 Å². The van der Waals surface area contributed by atoms with Crippen LogP contribution in [0.2, 0.25) is 0 Å².